The quantitative estimate of drug-likeness (QED) is 0.579. The summed E-state index contributed by atoms with van der Waals surface area (Å²) in [5, 5.41) is 14.1. The fourth-order valence-electron chi connectivity index (χ4n) is 1.91. The van der Waals surface area contributed by atoms with Crippen LogP contribution in [0.5, 0.6) is 0 Å². The average molecular weight is 278 g/mol. The SMILES string of the molecule is CC(=O)NC(CNC1CCCS(=O)(=O)C1)C(=O)O. The largest absolute Gasteiger partial charge is 0.480 e. The van der Waals surface area contributed by atoms with Crippen molar-refractivity contribution in [3.63, 3.8) is 0 Å². The third-order valence-electron chi connectivity index (χ3n) is 2.75. The Morgan fingerprint density at radius 1 is 1.44 bits per heavy atom. The molecular weight excluding hydrogens is 260 g/mol. The first-order valence-corrected chi connectivity index (χ1v) is 7.56. The van der Waals surface area contributed by atoms with Crippen LogP contribution in [-0.4, -0.2) is 55.5 Å². The van der Waals surface area contributed by atoms with Crippen LogP contribution in [0.4, 0.5) is 0 Å². The lowest BCUT2D eigenvalue weighted by Crippen LogP contribution is -2.50. The first-order valence-electron chi connectivity index (χ1n) is 5.74. The van der Waals surface area contributed by atoms with E-state index in [1.54, 1.807) is 0 Å². The Labute approximate surface area is 106 Å². The Kier molecular flexibility index (Phi) is 5.09. The van der Waals surface area contributed by atoms with Gasteiger partial charge in [0.2, 0.25) is 5.91 Å². The van der Waals surface area contributed by atoms with E-state index in [1.807, 2.05) is 0 Å². The summed E-state index contributed by atoms with van der Waals surface area (Å²) in [6.45, 7) is 1.26. The van der Waals surface area contributed by atoms with Gasteiger partial charge in [-0.25, -0.2) is 13.2 Å². The maximum atomic E-state index is 11.4. The predicted octanol–water partition coefficient (Wildman–Crippen LogP) is -1.26. The number of nitrogens with one attached hydrogen (secondary N) is 2. The molecule has 0 aromatic heterocycles. The first kappa shape index (κ1) is 14.9. The molecule has 0 bridgehead atoms. The second-order valence-electron chi connectivity index (χ2n) is 4.45. The Balaban J connectivity index is 2.47. The topological polar surface area (TPSA) is 113 Å². The molecular formula is C10H18N2O5S. The van der Waals surface area contributed by atoms with Crippen LogP contribution >= 0.6 is 0 Å². The smallest absolute Gasteiger partial charge is 0.327 e. The van der Waals surface area contributed by atoms with Gasteiger partial charge in [0.05, 0.1) is 11.5 Å². The molecule has 1 aliphatic rings. The molecule has 1 aliphatic heterocycles. The maximum absolute atomic E-state index is 11.4. The molecule has 0 aromatic rings. The van der Waals surface area contributed by atoms with Crippen LogP contribution in [0.2, 0.25) is 0 Å². The Bertz CT molecular complexity index is 420. The van der Waals surface area contributed by atoms with E-state index < -0.39 is 27.8 Å². The van der Waals surface area contributed by atoms with Crippen LogP contribution in [0.3, 0.4) is 0 Å². The second kappa shape index (κ2) is 6.14. The molecule has 1 amide bonds. The van der Waals surface area contributed by atoms with E-state index in [9.17, 15) is 18.0 Å². The molecule has 2 atom stereocenters. The third-order valence-corrected chi connectivity index (χ3v) is 4.57. The number of aliphatic carboxylic acids is 1. The molecule has 1 saturated heterocycles. The van der Waals surface area contributed by atoms with Gasteiger partial charge in [0.15, 0.2) is 9.84 Å². The van der Waals surface area contributed by atoms with Gasteiger partial charge in [-0.15, -0.1) is 0 Å². The number of carboxylic acids is 1. The van der Waals surface area contributed by atoms with E-state index in [4.69, 9.17) is 5.11 Å². The van der Waals surface area contributed by atoms with Crippen LogP contribution in [0.25, 0.3) is 0 Å². The van der Waals surface area contributed by atoms with Gasteiger partial charge in [-0.3, -0.25) is 4.79 Å². The summed E-state index contributed by atoms with van der Waals surface area (Å²) in [7, 11) is -3.02. The Hall–Kier alpha value is -1.15. The Morgan fingerprint density at radius 2 is 2.11 bits per heavy atom. The van der Waals surface area contributed by atoms with Crippen LogP contribution in [-0.2, 0) is 19.4 Å². The lowest BCUT2D eigenvalue weighted by atomic mass is 10.1. The number of sulfone groups is 1. The standard InChI is InChI=1S/C10H18N2O5S/c1-7(13)12-9(10(14)15)5-11-8-3-2-4-18(16,17)6-8/h8-9,11H,2-6H2,1H3,(H,12,13)(H,14,15). The van der Waals surface area contributed by atoms with Gasteiger partial charge in [0.25, 0.3) is 0 Å². The van der Waals surface area contributed by atoms with E-state index >= 15 is 0 Å². The van der Waals surface area contributed by atoms with Crippen molar-refractivity contribution in [3.05, 3.63) is 0 Å². The van der Waals surface area contributed by atoms with Crippen molar-refractivity contribution in [2.24, 2.45) is 0 Å². The summed E-state index contributed by atoms with van der Waals surface area (Å²) in [6, 6.07) is -1.27. The van der Waals surface area contributed by atoms with Gasteiger partial charge in [-0.05, 0) is 12.8 Å². The zero-order valence-corrected chi connectivity index (χ0v) is 11.0. The maximum Gasteiger partial charge on any atom is 0.327 e. The molecule has 8 heteroatoms. The average Bonchev–Trinajstić information content (AvgIpc) is 2.22. The Morgan fingerprint density at radius 3 is 2.61 bits per heavy atom. The van der Waals surface area contributed by atoms with Crippen molar-refractivity contribution in [2.75, 3.05) is 18.1 Å². The van der Waals surface area contributed by atoms with Crippen molar-refractivity contribution >= 4 is 21.7 Å². The molecule has 1 rings (SSSR count). The van der Waals surface area contributed by atoms with E-state index in [1.165, 1.54) is 6.92 Å². The number of hydrogen-bond donors (Lipinski definition) is 3. The molecule has 1 heterocycles. The highest BCUT2D eigenvalue weighted by Crippen LogP contribution is 2.11. The van der Waals surface area contributed by atoms with E-state index in [0.717, 1.165) is 0 Å². The number of carbonyl (C=O) groups is 2. The lowest BCUT2D eigenvalue weighted by Gasteiger charge is -2.24. The van der Waals surface area contributed by atoms with Crippen molar-refractivity contribution in [3.8, 4) is 0 Å². The van der Waals surface area contributed by atoms with Crippen molar-refractivity contribution in [2.45, 2.75) is 31.8 Å². The number of amides is 1. The molecule has 0 radical (unpaired) electrons. The summed E-state index contributed by atoms with van der Waals surface area (Å²) in [6.07, 6.45) is 1.28. The molecule has 3 N–H and O–H groups in total. The number of carbonyl (C=O) groups excluding carboxylic acids is 1. The van der Waals surface area contributed by atoms with Gasteiger partial charge >= 0.3 is 5.97 Å². The summed E-state index contributed by atoms with van der Waals surface area (Å²) in [5.41, 5.74) is 0. The zero-order valence-electron chi connectivity index (χ0n) is 10.2. The van der Waals surface area contributed by atoms with Crippen molar-refractivity contribution in [1.29, 1.82) is 0 Å². The number of hydrogen-bond acceptors (Lipinski definition) is 5. The summed E-state index contributed by atoms with van der Waals surface area (Å²) < 4.78 is 22.8. The van der Waals surface area contributed by atoms with E-state index in [-0.39, 0.29) is 24.1 Å². The molecule has 104 valence electrons. The molecule has 2 unspecified atom stereocenters. The minimum atomic E-state index is -3.02. The molecule has 0 spiro atoms. The van der Waals surface area contributed by atoms with Gasteiger partial charge in [-0.1, -0.05) is 0 Å². The molecule has 0 aromatic carbocycles. The highest BCUT2D eigenvalue weighted by molar-refractivity contribution is 7.91. The van der Waals surface area contributed by atoms with Crippen molar-refractivity contribution < 1.29 is 23.1 Å². The molecule has 0 saturated carbocycles. The third kappa shape index (κ3) is 5.01. The van der Waals surface area contributed by atoms with E-state index in [2.05, 4.69) is 10.6 Å². The molecule has 0 aliphatic carbocycles. The van der Waals surface area contributed by atoms with Gasteiger partial charge in [-0.2, -0.15) is 0 Å². The minimum Gasteiger partial charge on any atom is -0.480 e. The highest BCUT2D eigenvalue weighted by atomic mass is 32.2. The highest BCUT2D eigenvalue weighted by Gasteiger charge is 2.26. The van der Waals surface area contributed by atoms with Crippen LogP contribution in [0, 0.1) is 0 Å². The predicted molar refractivity (Wildman–Crippen MR) is 64.9 cm³/mol. The number of rotatable bonds is 5. The molecule has 1 fully saturated rings. The van der Waals surface area contributed by atoms with Crippen LogP contribution < -0.4 is 10.6 Å². The fourth-order valence-corrected chi connectivity index (χ4v) is 3.58. The van der Waals surface area contributed by atoms with Gasteiger partial charge < -0.3 is 15.7 Å². The van der Waals surface area contributed by atoms with E-state index in [0.29, 0.717) is 12.8 Å². The van der Waals surface area contributed by atoms with Crippen molar-refractivity contribution in [1.82, 2.24) is 10.6 Å². The lowest BCUT2D eigenvalue weighted by molar-refractivity contribution is -0.141. The molecule has 18 heavy (non-hydrogen) atoms. The summed E-state index contributed by atoms with van der Waals surface area (Å²) in [4.78, 5) is 21.7. The normalized spacial score (nSPS) is 24.2. The zero-order chi connectivity index (χ0) is 13.8. The molecule has 7 nitrogen and oxygen atoms in total. The monoisotopic (exact) mass is 278 g/mol. The van der Waals surface area contributed by atoms with Crippen LogP contribution in [0.1, 0.15) is 19.8 Å². The minimum absolute atomic E-state index is 0.0229. The van der Waals surface area contributed by atoms with Gasteiger partial charge in [0, 0.05) is 19.5 Å². The second-order valence-corrected chi connectivity index (χ2v) is 6.68. The van der Waals surface area contributed by atoms with Crippen LogP contribution in [0.15, 0.2) is 0 Å². The fraction of sp³-hybridized carbons (Fsp3) is 0.800. The first-order chi connectivity index (χ1) is 8.30. The summed E-state index contributed by atoms with van der Waals surface area (Å²) >= 11 is 0. The summed E-state index contributed by atoms with van der Waals surface area (Å²) in [5.74, 6) is -1.35. The number of carboxylic acid groups (broad SMARTS) is 1. The van der Waals surface area contributed by atoms with Gasteiger partial charge in [0.1, 0.15) is 6.04 Å².